The lowest BCUT2D eigenvalue weighted by Gasteiger charge is -2.64. The van der Waals surface area contributed by atoms with Crippen LogP contribution in [0.15, 0.2) is 72.9 Å². The number of ether oxygens (including phenoxy) is 5. The number of amides is 1. The number of carbonyl (C=O) groups excluding carboxylic acids is 4. The van der Waals surface area contributed by atoms with Crippen molar-refractivity contribution < 1.29 is 48.0 Å². The van der Waals surface area contributed by atoms with E-state index in [0.29, 0.717) is 94.7 Å². The molecule has 2 bridgehead atoms. The Balaban J connectivity index is 1.05. The van der Waals surface area contributed by atoms with Crippen LogP contribution in [0.2, 0.25) is 0 Å². The molecule has 14 nitrogen and oxygen atoms in total. The van der Waals surface area contributed by atoms with Crippen LogP contribution < -0.4 is 9.64 Å². The van der Waals surface area contributed by atoms with Gasteiger partial charge in [0.1, 0.15) is 22.7 Å². The van der Waals surface area contributed by atoms with Gasteiger partial charge < -0.3 is 38.7 Å². The van der Waals surface area contributed by atoms with E-state index in [1.54, 1.807) is 18.9 Å². The predicted octanol–water partition coefficient (Wildman–Crippen LogP) is 11.2. The van der Waals surface area contributed by atoms with Crippen molar-refractivity contribution in [1.82, 2.24) is 14.8 Å². The molecule has 14 heteroatoms. The van der Waals surface area contributed by atoms with E-state index in [1.165, 1.54) is 39.9 Å². The molecule has 3 fully saturated rings. The van der Waals surface area contributed by atoms with E-state index in [2.05, 4.69) is 77.2 Å². The minimum atomic E-state index is -1.63. The highest BCUT2D eigenvalue weighted by Gasteiger charge is 2.79. The average Bonchev–Trinajstić information content (AvgIpc) is 4.13. The molecule has 2 N–H and O–H groups in total. The lowest BCUT2D eigenvalue weighted by Crippen LogP contribution is -2.77. The number of hydrogen-bond acceptors (Lipinski definition) is 12. The Bertz CT molecular complexity index is 2730. The fourth-order valence-corrected chi connectivity index (χ4v) is 16.0. The topological polar surface area (TPSA) is 160 Å². The van der Waals surface area contributed by atoms with Crippen LogP contribution in [0.4, 0.5) is 10.5 Å². The number of nitrogens with one attached hydrogen (secondary N) is 1. The van der Waals surface area contributed by atoms with Crippen LogP contribution in [0.5, 0.6) is 5.75 Å². The second-order valence-corrected chi connectivity index (χ2v) is 23.8. The fourth-order valence-electron chi connectivity index (χ4n) is 16.0. The Morgan fingerprint density at radius 3 is 2.27 bits per heavy atom. The van der Waals surface area contributed by atoms with Gasteiger partial charge in [-0.2, -0.15) is 0 Å². The van der Waals surface area contributed by atoms with Crippen molar-refractivity contribution >= 4 is 41.1 Å². The molecular weight excluding hydrogens is 985 g/mol. The standard InChI is InChI=1S/C64H88N4O10/c1-8-11-12-13-14-15-16-17-18-19-20-21-22-23-24-27-37-77-59(72)78-56-60(4,57(70)75-6)54-63(33-36-67-34-28-32-62(56,10-3)55(63)67)48-38-49(52(74-5)39-51(48)68(54)44-69)64(58(71)76-7)41-45-40-61(73,9-2)43-66(42-45)35-31-47-46-29-25-26-30-50(46)65-53(47)64/h14-15,17-18,25-26,28-30,32,38-39,44-45,54-56,65,73H,8-13,16,19-24,27,31,33-37,40-43H2,1-7H3/b15-14-,18-17-/t45?,54-,55-,56-,60+,61-,62?,63-,64-/m0/s1. The summed E-state index contributed by atoms with van der Waals surface area (Å²) < 4.78 is 30.8. The SMILES string of the molecule is CCCCC/C=C\C/C=C\CCCCCCCCOC(=O)O[C@@H]1C2(CC)C=CCN3CC[C@@]4(c5cc([C@@]6(C(=O)OC)CC7C[N@](CCc8c6[nH]c6ccccc86)C[C@](O)(CC)C7)c(OC)cc5N(C=O)[C@H]4[C@@]1(C)C(=O)OC)[C@@H]32. The molecule has 424 valence electrons. The summed E-state index contributed by atoms with van der Waals surface area (Å²) in [6, 6.07) is 10.8. The van der Waals surface area contributed by atoms with Crippen LogP contribution in [0.3, 0.4) is 0 Å². The number of carbonyl (C=O) groups is 4. The molecule has 9 rings (SSSR count). The Morgan fingerprint density at radius 2 is 1.56 bits per heavy atom. The number of unbranched alkanes of at least 4 members (excludes halogenated alkanes) is 9. The molecule has 1 amide bonds. The number of nitrogens with zero attached hydrogens (tertiary/aromatic N) is 3. The Kier molecular flexibility index (Phi) is 17.7. The van der Waals surface area contributed by atoms with Crippen LogP contribution in [0.25, 0.3) is 10.9 Å². The summed E-state index contributed by atoms with van der Waals surface area (Å²) in [5.74, 6) is -0.831. The lowest BCUT2D eigenvalue weighted by atomic mass is 9.45. The highest BCUT2D eigenvalue weighted by atomic mass is 16.7. The van der Waals surface area contributed by atoms with Gasteiger partial charge in [-0.1, -0.05) is 114 Å². The predicted molar refractivity (Wildman–Crippen MR) is 304 cm³/mol. The van der Waals surface area contributed by atoms with Crippen molar-refractivity contribution in [3.8, 4) is 5.75 Å². The summed E-state index contributed by atoms with van der Waals surface area (Å²) in [6.07, 6.45) is 28.3. The van der Waals surface area contributed by atoms with Crippen LogP contribution in [-0.4, -0.2) is 129 Å². The first-order valence-corrected chi connectivity index (χ1v) is 29.5. The molecule has 10 atom stereocenters. The third-order valence-corrected chi connectivity index (χ3v) is 19.4. The van der Waals surface area contributed by atoms with Gasteiger partial charge in [0.25, 0.3) is 0 Å². The third kappa shape index (κ3) is 9.92. The number of aromatic amines is 1. The first-order chi connectivity index (χ1) is 37.8. The normalized spacial score (nSPS) is 31.0. The summed E-state index contributed by atoms with van der Waals surface area (Å²) >= 11 is 0. The highest BCUT2D eigenvalue weighted by Crippen LogP contribution is 2.70. The molecule has 3 aromatic rings. The zero-order valence-electron chi connectivity index (χ0n) is 47.7. The molecule has 5 aliphatic heterocycles. The van der Waals surface area contributed by atoms with Gasteiger partial charge in [0.2, 0.25) is 6.41 Å². The lowest BCUT2D eigenvalue weighted by molar-refractivity contribution is -0.192. The van der Waals surface area contributed by atoms with Crippen molar-refractivity contribution in [1.29, 1.82) is 0 Å². The van der Waals surface area contributed by atoms with Gasteiger partial charge in [-0.05, 0) is 120 Å². The number of esters is 2. The molecule has 1 spiro atoms. The number of piperidine rings is 1. The van der Waals surface area contributed by atoms with E-state index >= 15 is 9.59 Å². The maximum atomic E-state index is 15.6. The minimum absolute atomic E-state index is 0.135. The van der Waals surface area contributed by atoms with Crippen molar-refractivity contribution in [3.63, 3.8) is 0 Å². The summed E-state index contributed by atoms with van der Waals surface area (Å²) in [5.41, 5.74) is -1.42. The van der Waals surface area contributed by atoms with E-state index in [-0.39, 0.29) is 18.6 Å². The molecule has 0 radical (unpaired) electrons. The largest absolute Gasteiger partial charge is 0.508 e. The molecular formula is C64H88N4O10. The van der Waals surface area contributed by atoms with Crippen LogP contribution >= 0.6 is 0 Å². The summed E-state index contributed by atoms with van der Waals surface area (Å²) in [4.78, 5) is 69.3. The van der Waals surface area contributed by atoms with E-state index in [1.807, 2.05) is 31.2 Å². The number of aliphatic hydroxyl groups is 1. The molecule has 2 unspecified atom stereocenters. The van der Waals surface area contributed by atoms with Crippen molar-refractivity contribution in [2.24, 2.45) is 16.7 Å². The van der Waals surface area contributed by atoms with Gasteiger partial charge >= 0.3 is 18.1 Å². The molecule has 6 heterocycles. The summed E-state index contributed by atoms with van der Waals surface area (Å²) in [6.45, 7) is 11.5. The molecule has 2 aromatic carbocycles. The van der Waals surface area contributed by atoms with Crippen molar-refractivity contribution in [2.45, 2.75) is 178 Å². The number of anilines is 1. The van der Waals surface area contributed by atoms with Gasteiger partial charge in [0, 0.05) is 71.3 Å². The number of benzene rings is 2. The number of H-pyrrole nitrogens is 1. The first kappa shape index (κ1) is 57.3. The Hall–Kier alpha value is -5.44. The zero-order valence-corrected chi connectivity index (χ0v) is 47.7. The number of rotatable bonds is 23. The quantitative estimate of drug-likeness (QED) is 0.0305. The second-order valence-electron chi connectivity index (χ2n) is 23.8. The van der Waals surface area contributed by atoms with Crippen LogP contribution in [0.1, 0.15) is 159 Å². The maximum absolute atomic E-state index is 15.6. The van der Waals surface area contributed by atoms with Crippen molar-refractivity contribution in [3.05, 3.63) is 95.2 Å². The summed E-state index contributed by atoms with van der Waals surface area (Å²) in [7, 11) is 4.36. The van der Waals surface area contributed by atoms with Gasteiger partial charge in [-0.3, -0.25) is 24.2 Å². The highest BCUT2D eigenvalue weighted by molar-refractivity contribution is 5.96. The number of aromatic nitrogens is 1. The summed E-state index contributed by atoms with van der Waals surface area (Å²) in [5, 5.41) is 13.1. The van der Waals surface area contributed by atoms with E-state index < -0.39 is 57.5 Å². The monoisotopic (exact) mass is 1070 g/mol. The van der Waals surface area contributed by atoms with Gasteiger partial charge in [-0.25, -0.2) is 4.79 Å². The average molecular weight is 1070 g/mol. The second kappa shape index (κ2) is 24.1. The molecule has 1 saturated carbocycles. The van der Waals surface area contributed by atoms with Crippen LogP contribution in [0, 0.1) is 16.7 Å². The number of allylic oxidation sites excluding steroid dienone is 4. The van der Waals surface area contributed by atoms with Gasteiger partial charge in [0.05, 0.1) is 45.3 Å². The first-order valence-electron chi connectivity index (χ1n) is 29.5. The molecule has 6 aliphatic rings. The molecule has 2 saturated heterocycles. The maximum Gasteiger partial charge on any atom is 0.508 e. The van der Waals surface area contributed by atoms with E-state index in [9.17, 15) is 14.7 Å². The molecule has 1 aromatic heterocycles. The number of methoxy groups -OCH3 is 3. The number of fused-ring (bicyclic) bond motifs is 6. The number of para-hydroxylation sites is 1. The Labute approximate surface area is 463 Å². The van der Waals surface area contributed by atoms with Gasteiger partial charge in [0.15, 0.2) is 0 Å². The molecule has 1 aliphatic carbocycles. The Morgan fingerprint density at radius 1 is 0.833 bits per heavy atom. The number of hydrogen-bond donors (Lipinski definition) is 2. The van der Waals surface area contributed by atoms with Crippen molar-refractivity contribution in [2.75, 3.05) is 65.6 Å². The van der Waals surface area contributed by atoms with E-state index in [0.717, 1.165) is 79.1 Å². The zero-order chi connectivity index (χ0) is 55.3. The fraction of sp³-hybridized carbons (Fsp3) is 0.625. The minimum Gasteiger partial charge on any atom is -0.496 e. The van der Waals surface area contributed by atoms with E-state index in [4.69, 9.17) is 23.7 Å². The van der Waals surface area contributed by atoms with Crippen LogP contribution in [-0.2, 0) is 50.6 Å². The smallest absolute Gasteiger partial charge is 0.496 e. The molecule has 78 heavy (non-hydrogen) atoms. The third-order valence-electron chi connectivity index (χ3n) is 19.4. The van der Waals surface area contributed by atoms with Gasteiger partial charge in [-0.15, -0.1) is 0 Å².